The number of fused-ring (bicyclic) bond motifs is 1. The summed E-state index contributed by atoms with van der Waals surface area (Å²) in [6.45, 7) is -2.58. The third-order valence-corrected chi connectivity index (χ3v) is 6.43. The molecule has 4 rings (SSSR count). The van der Waals surface area contributed by atoms with Gasteiger partial charge in [0.05, 0.1) is 31.4 Å². The van der Waals surface area contributed by atoms with Gasteiger partial charge in [-0.15, -0.1) is 0 Å². The van der Waals surface area contributed by atoms with Crippen LogP contribution in [0.4, 0.5) is 15.9 Å². The van der Waals surface area contributed by atoms with Gasteiger partial charge in [-0.1, -0.05) is 15.9 Å². The molecule has 0 radical (unpaired) electrons. The normalized spacial score (nSPS) is 18.3. The van der Waals surface area contributed by atoms with Crippen LogP contribution in [0.25, 0.3) is 10.9 Å². The van der Waals surface area contributed by atoms with Gasteiger partial charge >= 0.3 is 12.1 Å². The van der Waals surface area contributed by atoms with Gasteiger partial charge < -0.3 is 60.7 Å². The molecule has 1 saturated heterocycles. The van der Waals surface area contributed by atoms with Crippen LogP contribution in [0.1, 0.15) is 0 Å². The summed E-state index contributed by atoms with van der Waals surface area (Å²) in [5.41, 5.74) is 0.186. The number of piperidine rings is 1. The molecule has 15 nitrogen and oxygen atoms in total. The van der Waals surface area contributed by atoms with E-state index >= 15 is 0 Å². The summed E-state index contributed by atoms with van der Waals surface area (Å²) >= 11 is 3.16. The molecule has 10 N–H and O–H groups in total. The Kier molecular flexibility index (Phi) is 7.47. The number of hydrogen-bond donors (Lipinski definition) is 10. The van der Waals surface area contributed by atoms with E-state index in [0.29, 0.717) is 4.47 Å². The zero-order valence-electron chi connectivity index (χ0n) is 19.9. The molecule has 0 unspecified atom stereocenters. The second-order valence-corrected chi connectivity index (χ2v) is 9.81. The molecule has 212 valence electrons. The first kappa shape index (κ1) is 29.2. The fourth-order valence-corrected chi connectivity index (χ4v) is 4.66. The third kappa shape index (κ3) is 5.88. The average Bonchev–Trinajstić information content (AvgIpc) is 2.77. The van der Waals surface area contributed by atoms with Gasteiger partial charge in [-0.25, -0.2) is 19.3 Å². The van der Waals surface area contributed by atoms with Gasteiger partial charge in [-0.2, -0.15) is 0 Å². The number of nitrogens with zero attached hydrogens (tertiary/aromatic N) is 3. The smallest absolute Gasteiger partial charge is 0.346 e. The Morgan fingerprint density at radius 3 is 2.21 bits per heavy atom. The van der Waals surface area contributed by atoms with E-state index in [1.807, 2.05) is 0 Å². The Bertz CT molecular complexity index is 1370. The maximum Gasteiger partial charge on any atom is 0.346 e. The van der Waals surface area contributed by atoms with Gasteiger partial charge in [0.25, 0.3) is 0 Å². The lowest BCUT2D eigenvalue weighted by Crippen LogP contribution is -2.76. The first-order chi connectivity index (χ1) is 17.9. The SMILES string of the molecule is COc1cc2c(Nc3ccc(Br)cc3F)ncnc2cc1OC(O)(O)C1C(O)(O)CN(C(O)(O)O)CC1(O)O. The number of benzene rings is 2. The Balaban J connectivity index is 1.70. The number of β-amino-alcohol motifs (C(OH)–C–C–N with tert-alkyl or cyclic N) is 4. The first-order valence-electron chi connectivity index (χ1n) is 10.9. The average molecular weight is 619 g/mol. The number of halogens is 2. The predicted octanol–water partition coefficient (Wildman–Crippen LogP) is -1.82. The van der Waals surface area contributed by atoms with Gasteiger partial charge in [0.2, 0.25) is 0 Å². The molecule has 1 aliphatic heterocycles. The van der Waals surface area contributed by atoms with Crippen molar-refractivity contribution in [2.24, 2.45) is 5.92 Å². The molecule has 0 atom stereocenters. The van der Waals surface area contributed by atoms with Crippen LogP contribution in [0.15, 0.2) is 41.1 Å². The highest BCUT2D eigenvalue weighted by Crippen LogP contribution is 2.43. The lowest BCUT2D eigenvalue weighted by molar-refractivity contribution is -0.481. The lowest BCUT2D eigenvalue weighted by atomic mass is 9.82. The third-order valence-electron chi connectivity index (χ3n) is 5.94. The molecule has 39 heavy (non-hydrogen) atoms. The van der Waals surface area contributed by atoms with E-state index in [1.165, 1.54) is 25.3 Å². The molecule has 0 amide bonds. The van der Waals surface area contributed by atoms with E-state index in [2.05, 4.69) is 31.2 Å². The van der Waals surface area contributed by atoms with Crippen molar-refractivity contribution in [3.8, 4) is 11.5 Å². The summed E-state index contributed by atoms with van der Waals surface area (Å²) < 4.78 is 25.2. The van der Waals surface area contributed by atoms with Crippen molar-refractivity contribution in [1.29, 1.82) is 0 Å². The summed E-state index contributed by atoms with van der Waals surface area (Å²) in [4.78, 5) is 8.18. The molecule has 1 fully saturated rings. The number of aromatic nitrogens is 2. The van der Waals surface area contributed by atoms with E-state index in [9.17, 15) is 50.3 Å². The predicted molar refractivity (Wildman–Crippen MR) is 130 cm³/mol. The number of anilines is 2. The standard InChI is InChI=1S/C22H24BrFN4O11/c1-38-15-5-11-14(25-9-26-17(11)27-13-3-2-10(23)4-12(13)24)6-16(15)39-21(33,34)18-19(29,30)7-28(22(35,36)37)8-20(18,31)32/h2-6,9,18,29-37H,7-8H2,1H3,(H,25,26,27). The van der Waals surface area contributed by atoms with E-state index < -0.39 is 54.2 Å². The Morgan fingerprint density at radius 1 is 1.00 bits per heavy atom. The van der Waals surface area contributed by atoms with Crippen molar-refractivity contribution in [1.82, 2.24) is 14.9 Å². The Hall–Kier alpha value is -2.81. The molecule has 3 aromatic rings. The van der Waals surface area contributed by atoms with E-state index in [-0.39, 0.29) is 33.1 Å². The van der Waals surface area contributed by atoms with E-state index in [1.54, 1.807) is 6.07 Å². The van der Waals surface area contributed by atoms with Crippen LogP contribution in [0.5, 0.6) is 11.5 Å². The fourth-order valence-electron chi connectivity index (χ4n) is 4.33. The number of aliphatic hydroxyl groups is 9. The number of methoxy groups -OCH3 is 1. The second kappa shape index (κ2) is 9.98. The minimum absolute atomic E-state index is 0.0376. The van der Waals surface area contributed by atoms with Crippen LogP contribution in [-0.2, 0) is 0 Å². The number of nitrogens with one attached hydrogen (secondary N) is 1. The summed E-state index contributed by atoms with van der Waals surface area (Å²) in [7, 11) is 1.18. The second-order valence-electron chi connectivity index (χ2n) is 8.90. The fraction of sp³-hybridized carbons (Fsp3) is 0.364. The lowest BCUT2D eigenvalue weighted by Gasteiger charge is -2.52. The van der Waals surface area contributed by atoms with Crippen LogP contribution < -0.4 is 14.8 Å². The summed E-state index contributed by atoms with van der Waals surface area (Å²) in [6, 6.07) is 6.70. The Morgan fingerprint density at radius 2 is 1.64 bits per heavy atom. The highest BCUT2D eigenvalue weighted by molar-refractivity contribution is 9.10. The molecule has 1 aromatic heterocycles. The largest absolute Gasteiger partial charge is 0.493 e. The van der Waals surface area contributed by atoms with Crippen molar-refractivity contribution in [3.63, 3.8) is 0 Å². The van der Waals surface area contributed by atoms with Gasteiger partial charge in [-0.3, -0.25) is 0 Å². The molecule has 0 spiro atoms. The molecule has 2 aromatic carbocycles. The number of hydrogen-bond acceptors (Lipinski definition) is 15. The van der Waals surface area contributed by atoms with Crippen LogP contribution in [0.2, 0.25) is 0 Å². The topological polar surface area (TPSA) is 242 Å². The minimum Gasteiger partial charge on any atom is -0.493 e. The van der Waals surface area contributed by atoms with Crippen LogP contribution in [0.3, 0.4) is 0 Å². The van der Waals surface area contributed by atoms with Gasteiger partial charge in [0.15, 0.2) is 29.0 Å². The van der Waals surface area contributed by atoms with Gasteiger partial charge in [0, 0.05) is 15.9 Å². The first-order valence-corrected chi connectivity index (χ1v) is 11.7. The Labute approximate surface area is 226 Å². The van der Waals surface area contributed by atoms with Crippen molar-refractivity contribution >= 4 is 38.3 Å². The zero-order chi connectivity index (χ0) is 29.0. The summed E-state index contributed by atoms with van der Waals surface area (Å²) in [5, 5.41) is 94.0. The van der Waals surface area contributed by atoms with Crippen LogP contribution >= 0.6 is 15.9 Å². The molecule has 1 aliphatic rings. The number of likely N-dealkylation sites (tertiary alicyclic amines) is 1. The molecule has 0 bridgehead atoms. The van der Waals surface area contributed by atoms with Crippen molar-refractivity contribution in [2.45, 2.75) is 23.6 Å². The highest BCUT2D eigenvalue weighted by atomic mass is 79.9. The highest BCUT2D eigenvalue weighted by Gasteiger charge is 2.66. The minimum atomic E-state index is -3.75. The summed E-state index contributed by atoms with van der Waals surface area (Å²) in [5.74, 6) is -14.6. The van der Waals surface area contributed by atoms with Crippen molar-refractivity contribution in [2.75, 3.05) is 25.5 Å². The van der Waals surface area contributed by atoms with Crippen LogP contribution in [0, 0.1) is 11.7 Å². The van der Waals surface area contributed by atoms with Gasteiger partial charge in [0.1, 0.15) is 18.0 Å². The molecule has 2 heterocycles. The van der Waals surface area contributed by atoms with E-state index in [0.717, 1.165) is 12.4 Å². The monoisotopic (exact) mass is 618 g/mol. The molecule has 17 heteroatoms. The molecular formula is C22H24BrFN4O11. The zero-order valence-corrected chi connectivity index (χ0v) is 21.5. The van der Waals surface area contributed by atoms with Crippen molar-refractivity contribution < 1.29 is 59.8 Å². The van der Waals surface area contributed by atoms with Crippen molar-refractivity contribution in [3.05, 3.63) is 46.9 Å². The maximum atomic E-state index is 14.4. The van der Waals surface area contributed by atoms with E-state index in [4.69, 9.17) is 9.47 Å². The number of rotatable bonds is 7. The molecule has 0 saturated carbocycles. The summed E-state index contributed by atoms with van der Waals surface area (Å²) in [6.07, 6.45) is -2.60. The maximum absolute atomic E-state index is 14.4. The molecular weight excluding hydrogens is 595 g/mol. The molecule has 0 aliphatic carbocycles. The number of ether oxygens (including phenoxy) is 2. The van der Waals surface area contributed by atoms with Crippen LogP contribution in [-0.4, -0.2) is 105 Å². The quantitative estimate of drug-likeness (QED) is 0.131. The van der Waals surface area contributed by atoms with Gasteiger partial charge in [-0.05, 0) is 24.3 Å².